The molecule has 1 heterocycles. The number of thioether (sulfide) groups is 1. The van der Waals surface area contributed by atoms with Crippen molar-refractivity contribution in [3.8, 4) is 5.75 Å². The number of rotatable bonds is 11. The number of hydrogen-bond donors (Lipinski definition) is 2. The highest BCUT2D eigenvalue weighted by Crippen LogP contribution is 2.20. The normalized spacial score (nSPS) is 11.0. The monoisotopic (exact) mass is 455 g/mol. The summed E-state index contributed by atoms with van der Waals surface area (Å²) in [5, 5.41) is 10.9. The van der Waals surface area contributed by atoms with Crippen molar-refractivity contribution in [2.45, 2.75) is 45.0 Å². The van der Waals surface area contributed by atoms with E-state index in [4.69, 9.17) is 5.73 Å². The number of benzene rings is 1. The Morgan fingerprint density at radius 3 is 2.45 bits per heavy atom. The van der Waals surface area contributed by atoms with Crippen LogP contribution in [0.1, 0.15) is 36.5 Å². The first kappa shape index (κ1) is 24.3. The molecular formula is C19H23F2N5O4S. The molecule has 0 atom stereocenters. The summed E-state index contributed by atoms with van der Waals surface area (Å²) in [4.78, 5) is 35.4. The van der Waals surface area contributed by atoms with E-state index in [2.05, 4.69) is 20.3 Å². The van der Waals surface area contributed by atoms with E-state index < -0.39 is 24.3 Å². The first-order valence-electron chi connectivity index (χ1n) is 9.38. The molecule has 0 bridgehead atoms. The van der Waals surface area contributed by atoms with Crippen LogP contribution in [0.5, 0.6) is 5.75 Å². The Morgan fingerprint density at radius 1 is 1.19 bits per heavy atom. The number of nitrogens with one attached hydrogen (secondary N) is 1. The lowest BCUT2D eigenvalue weighted by Crippen LogP contribution is -2.31. The number of ether oxygens (including phenoxy) is 1. The number of aromatic nitrogens is 3. The number of halogens is 2. The van der Waals surface area contributed by atoms with Gasteiger partial charge in [0.25, 0.3) is 5.91 Å². The number of imide groups is 1. The molecule has 0 radical (unpaired) electrons. The highest BCUT2D eigenvalue weighted by molar-refractivity contribution is 7.99. The predicted octanol–water partition coefficient (Wildman–Crippen LogP) is 2.00. The van der Waals surface area contributed by atoms with Crippen LogP contribution in [0.25, 0.3) is 0 Å². The Morgan fingerprint density at radius 2 is 1.87 bits per heavy atom. The third-order valence-corrected chi connectivity index (χ3v) is 4.83. The third-order valence-electron chi connectivity index (χ3n) is 3.86. The first-order chi connectivity index (χ1) is 14.7. The summed E-state index contributed by atoms with van der Waals surface area (Å²) < 4.78 is 30.4. The molecule has 2 aromatic rings. The van der Waals surface area contributed by atoms with Crippen LogP contribution in [0.15, 0.2) is 29.4 Å². The summed E-state index contributed by atoms with van der Waals surface area (Å²) in [7, 11) is 0. The highest BCUT2D eigenvalue weighted by atomic mass is 32.2. The molecule has 12 heteroatoms. The van der Waals surface area contributed by atoms with Gasteiger partial charge in [0.1, 0.15) is 11.6 Å². The van der Waals surface area contributed by atoms with Gasteiger partial charge < -0.3 is 15.0 Å². The molecular weight excluding hydrogens is 432 g/mol. The summed E-state index contributed by atoms with van der Waals surface area (Å²) in [6, 6.07) is 4.97. The molecule has 0 saturated heterocycles. The predicted molar refractivity (Wildman–Crippen MR) is 109 cm³/mol. The fourth-order valence-corrected chi connectivity index (χ4v) is 3.31. The molecule has 0 aliphatic carbocycles. The molecule has 1 aromatic carbocycles. The second-order valence-electron chi connectivity index (χ2n) is 6.94. The van der Waals surface area contributed by atoms with Crippen molar-refractivity contribution in [2.24, 2.45) is 11.7 Å². The minimum Gasteiger partial charge on any atom is -0.435 e. The largest absolute Gasteiger partial charge is 0.435 e. The second-order valence-corrected chi connectivity index (χ2v) is 7.88. The van der Waals surface area contributed by atoms with Gasteiger partial charge in [0, 0.05) is 24.9 Å². The van der Waals surface area contributed by atoms with Crippen molar-refractivity contribution in [3.63, 3.8) is 0 Å². The average Bonchev–Trinajstić information content (AvgIpc) is 3.05. The number of carbonyl (C=O) groups is 3. The van der Waals surface area contributed by atoms with Crippen molar-refractivity contribution < 1.29 is 27.9 Å². The van der Waals surface area contributed by atoms with Crippen molar-refractivity contribution >= 4 is 29.5 Å². The lowest BCUT2D eigenvalue weighted by atomic mass is 10.2. The van der Waals surface area contributed by atoms with E-state index in [0.717, 1.165) is 11.8 Å². The van der Waals surface area contributed by atoms with E-state index in [1.807, 2.05) is 18.4 Å². The Labute approximate surface area is 181 Å². The number of alkyl halides is 2. The van der Waals surface area contributed by atoms with Gasteiger partial charge in [-0.15, -0.1) is 10.2 Å². The number of carbonyl (C=O) groups excluding carboxylic acids is 3. The van der Waals surface area contributed by atoms with Gasteiger partial charge in [-0.25, -0.2) is 0 Å². The van der Waals surface area contributed by atoms with Gasteiger partial charge in [0.2, 0.25) is 11.8 Å². The lowest BCUT2D eigenvalue weighted by molar-refractivity contribution is -0.118. The molecule has 0 aliphatic heterocycles. The fourth-order valence-electron chi connectivity index (χ4n) is 2.55. The number of amides is 3. The zero-order valence-electron chi connectivity index (χ0n) is 17.0. The highest BCUT2D eigenvalue weighted by Gasteiger charge is 2.17. The summed E-state index contributed by atoms with van der Waals surface area (Å²) in [6.45, 7) is 1.65. The Kier molecular flexibility index (Phi) is 8.91. The van der Waals surface area contributed by atoms with Crippen LogP contribution in [0.4, 0.5) is 8.78 Å². The van der Waals surface area contributed by atoms with Gasteiger partial charge in [-0.05, 0) is 30.2 Å². The maximum atomic E-state index is 12.2. The maximum absolute atomic E-state index is 12.2. The SMILES string of the molecule is CC(C)Cn1c(CCC(N)=O)nnc1SCC(=O)NC(=O)c1ccc(OC(F)F)cc1. The zero-order valence-corrected chi connectivity index (χ0v) is 17.8. The standard InChI is InChI=1S/C19H23F2N5O4S/c1-11(2)9-26-15(8-7-14(22)27)24-25-19(26)31-10-16(28)23-17(29)12-3-5-13(6-4-12)30-18(20)21/h3-6,11,18H,7-10H2,1-2H3,(H2,22,27)(H,23,28,29). The Balaban J connectivity index is 1.95. The number of nitrogens with zero attached hydrogens (tertiary/aromatic N) is 3. The van der Waals surface area contributed by atoms with Gasteiger partial charge >= 0.3 is 6.61 Å². The average molecular weight is 455 g/mol. The molecule has 1 aromatic heterocycles. The van der Waals surface area contributed by atoms with E-state index in [1.54, 1.807) is 0 Å². The van der Waals surface area contributed by atoms with Crippen LogP contribution in [0, 0.1) is 5.92 Å². The lowest BCUT2D eigenvalue weighted by Gasteiger charge is -2.12. The summed E-state index contributed by atoms with van der Waals surface area (Å²) in [6.07, 6.45) is 0.475. The van der Waals surface area contributed by atoms with Crippen LogP contribution in [-0.2, 0) is 22.6 Å². The van der Waals surface area contributed by atoms with Crippen LogP contribution < -0.4 is 15.8 Å². The second kappa shape index (κ2) is 11.4. The van der Waals surface area contributed by atoms with E-state index >= 15 is 0 Å². The van der Waals surface area contributed by atoms with Crippen LogP contribution >= 0.6 is 11.8 Å². The van der Waals surface area contributed by atoms with Crippen LogP contribution in [-0.4, -0.2) is 44.9 Å². The van der Waals surface area contributed by atoms with Gasteiger partial charge in [-0.3, -0.25) is 19.7 Å². The molecule has 31 heavy (non-hydrogen) atoms. The van der Waals surface area contributed by atoms with Gasteiger partial charge in [0.05, 0.1) is 5.75 Å². The molecule has 2 rings (SSSR count). The zero-order chi connectivity index (χ0) is 23.0. The number of hydrogen-bond acceptors (Lipinski definition) is 7. The maximum Gasteiger partial charge on any atom is 0.387 e. The topological polar surface area (TPSA) is 129 Å². The Bertz CT molecular complexity index is 919. The van der Waals surface area contributed by atoms with Crippen molar-refractivity contribution in [1.82, 2.24) is 20.1 Å². The molecule has 0 unspecified atom stereocenters. The molecule has 3 amide bonds. The molecule has 0 spiro atoms. The van der Waals surface area contributed by atoms with Crippen molar-refractivity contribution in [2.75, 3.05) is 5.75 Å². The van der Waals surface area contributed by atoms with E-state index in [9.17, 15) is 23.2 Å². The fraction of sp³-hybridized carbons (Fsp3) is 0.421. The third kappa shape index (κ3) is 7.96. The van der Waals surface area contributed by atoms with E-state index in [-0.39, 0.29) is 29.4 Å². The van der Waals surface area contributed by atoms with Gasteiger partial charge in [0.15, 0.2) is 5.16 Å². The van der Waals surface area contributed by atoms with Crippen LogP contribution in [0.3, 0.4) is 0 Å². The van der Waals surface area contributed by atoms with E-state index in [1.165, 1.54) is 24.3 Å². The van der Waals surface area contributed by atoms with E-state index in [0.29, 0.717) is 23.9 Å². The minimum atomic E-state index is -2.97. The van der Waals surface area contributed by atoms with Crippen molar-refractivity contribution in [3.05, 3.63) is 35.7 Å². The quantitative estimate of drug-likeness (QED) is 0.496. The molecule has 168 valence electrons. The number of aryl methyl sites for hydroxylation is 1. The first-order valence-corrected chi connectivity index (χ1v) is 10.4. The van der Waals surface area contributed by atoms with Crippen LogP contribution in [0.2, 0.25) is 0 Å². The minimum absolute atomic E-state index is 0.0925. The molecule has 9 nitrogen and oxygen atoms in total. The number of nitrogens with two attached hydrogens (primary N) is 1. The molecule has 0 aliphatic rings. The smallest absolute Gasteiger partial charge is 0.387 e. The summed E-state index contributed by atoms with van der Waals surface area (Å²) in [5.74, 6) is -0.983. The molecule has 3 N–H and O–H groups in total. The molecule has 0 fully saturated rings. The van der Waals surface area contributed by atoms with Gasteiger partial charge in [-0.1, -0.05) is 25.6 Å². The number of primary amides is 1. The summed E-state index contributed by atoms with van der Waals surface area (Å²) in [5.41, 5.74) is 5.32. The van der Waals surface area contributed by atoms with Crippen molar-refractivity contribution in [1.29, 1.82) is 0 Å². The summed E-state index contributed by atoms with van der Waals surface area (Å²) >= 11 is 1.10. The molecule has 0 saturated carbocycles. The Hall–Kier alpha value is -3.02. The van der Waals surface area contributed by atoms with Gasteiger partial charge in [-0.2, -0.15) is 8.78 Å².